The first-order valence-corrected chi connectivity index (χ1v) is 9.41. The van der Waals surface area contributed by atoms with Crippen LogP contribution in [-0.4, -0.2) is 47.6 Å². The van der Waals surface area contributed by atoms with Crippen molar-refractivity contribution in [2.24, 2.45) is 11.8 Å². The predicted molar refractivity (Wildman–Crippen MR) is 86.9 cm³/mol. The molecule has 0 aromatic heterocycles. The van der Waals surface area contributed by atoms with E-state index in [-0.39, 0.29) is 0 Å². The van der Waals surface area contributed by atoms with Crippen molar-refractivity contribution >= 4 is 11.8 Å². The van der Waals surface area contributed by atoms with E-state index in [4.69, 9.17) is 0 Å². The van der Waals surface area contributed by atoms with Gasteiger partial charge in [0.25, 0.3) is 0 Å². The largest absolute Gasteiger partial charge is 0.308 e. The van der Waals surface area contributed by atoms with Crippen molar-refractivity contribution in [2.45, 2.75) is 64.6 Å². The van der Waals surface area contributed by atoms with E-state index in [1.807, 2.05) is 11.8 Å². The van der Waals surface area contributed by atoms with Crippen LogP contribution in [0.15, 0.2) is 0 Å². The topological polar surface area (TPSA) is 15.3 Å². The van der Waals surface area contributed by atoms with E-state index in [0.717, 1.165) is 17.9 Å². The van der Waals surface area contributed by atoms with Gasteiger partial charge in [-0.1, -0.05) is 20.8 Å². The molecule has 1 N–H and O–H groups in total. The molecule has 2 nitrogen and oxygen atoms in total. The van der Waals surface area contributed by atoms with Gasteiger partial charge in [-0.05, 0) is 44.3 Å². The minimum atomic E-state index is 0.372. The van der Waals surface area contributed by atoms with E-state index in [1.165, 1.54) is 38.1 Å². The molecule has 3 heteroatoms. The van der Waals surface area contributed by atoms with Crippen molar-refractivity contribution in [1.82, 2.24) is 10.2 Å². The maximum Gasteiger partial charge on any atom is 0.0309 e. The van der Waals surface area contributed by atoms with Gasteiger partial charge in [-0.15, -0.1) is 0 Å². The van der Waals surface area contributed by atoms with Gasteiger partial charge < -0.3 is 5.32 Å². The van der Waals surface area contributed by atoms with Crippen LogP contribution in [-0.2, 0) is 0 Å². The molecule has 0 radical (unpaired) electrons. The van der Waals surface area contributed by atoms with Gasteiger partial charge in [-0.3, -0.25) is 4.90 Å². The lowest BCUT2D eigenvalue weighted by atomic mass is 9.87. The number of nitrogens with zero attached hydrogens (tertiary/aromatic N) is 1. The van der Waals surface area contributed by atoms with Gasteiger partial charge in [-0.25, -0.2) is 0 Å². The number of nitrogens with one attached hydrogen (secondary N) is 1. The molecule has 2 rings (SSSR count). The molecular formula is C16H32N2S. The third-order valence-corrected chi connectivity index (χ3v) is 5.92. The predicted octanol–water partition coefficient (Wildman–Crippen LogP) is 3.23. The van der Waals surface area contributed by atoms with Gasteiger partial charge in [0.05, 0.1) is 0 Å². The highest BCUT2D eigenvalue weighted by atomic mass is 32.2. The van der Waals surface area contributed by atoms with Gasteiger partial charge in [0.1, 0.15) is 0 Å². The summed E-state index contributed by atoms with van der Waals surface area (Å²) in [4.78, 5) is 2.84. The fraction of sp³-hybridized carbons (Fsp3) is 1.00. The van der Waals surface area contributed by atoms with Crippen LogP contribution in [0, 0.1) is 11.8 Å². The Bertz CT molecular complexity index is 290. The summed E-state index contributed by atoms with van der Waals surface area (Å²) in [5, 5.41) is 3.89. The van der Waals surface area contributed by atoms with Gasteiger partial charge in [0.15, 0.2) is 0 Å². The third kappa shape index (κ3) is 3.48. The van der Waals surface area contributed by atoms with Crippen LogP contribution < -0.4 is 5.32 Å². The highest BCUT2D eigenvalue weighted by molar-refractivity contribution is 7.98. The Morgan fingerprint density at radius 2 is 2.05 bits per heavy atom. The summed E-state index contributed by atoms with van der Waals surface area (Å²) in [5.74, 6) is 2.95. The zero-order valence-electron chi connectivity index (χ0n) is 13.4. The minimum absolute atomic E-state index is 0.372. The van der Waals surface area contributed by atoms with Crippen molar-refractivity contribution in [3.05, 3.63) is 0 Å². The summed E-state index contributed by atoms with van der Waals surface area (Å²) < 4.78 is 0. The second-order valence-corrected chi connectivity index (χ2v) is 7.98. The molecule has 1 saturated carbocycles. The van der Waals surface area contributed by atoms with Crippen LogP contribution >= 0.6 is 11.8 Å². The molecule has 0 bridgehead atoms. The molecule has 3 unspecified atom stereocenters. The molecule has 3 atom stereocenters. The fourth-order valence-electron chi connectivity index (χ4n) is 3.66. The van der Waals surface area contributed by atoms with E-state index in [9.17, 15) is 0 Å². The van der Waals surface area contributed by atoms with Crippen LogP contribution in [0.1, 0.15) is 47.0 Å². The highest BCUT2D eigenvalue weighted by Crippen LogP contribution is 2.42. The molecule has 0 aromatic carbocycles. The standard InChI is InChI=1S/C16H32N2S/c1-6-14(10-19-5)18-11-16(4,13-7-8-13)17-9-15(18)12(2)3/h12-15,17H,6-11H2,1-5H3. The van der Waals surface area contributed by atoms with Gasteiger partial charge in [-0.2, -0.15) is 11.8 Å². The molecule has 1 saturated heterocycles. The molecular weight excluding hydrogens is 252 g/mol. The lowest BCUT2D eigenvalue weighted by molar-refractivity contribution is 0.0240. The smallest absolute Gasteiger partial charge is 0.0309 e. The van der Waals surface area contributed by atoms with Crippen molar-refractivity contribution in [1.29, 1.82) is 0 Å². The van der Waals surface area contributed by atoms with Crippen LogP contribution in [0.3, 0.4) is 0 Å². The van der Waals surface area contributed by atoms with E-state index < -0.39 is 0 Å². The van der Waals surface area contributed by atoms with Crippen molar-refractivity contribution < 1.29 is 0 Å². The zero-order valence-corrected chi connectivity index (χ0v) is 14.2. The van der Waals surface area contributed by atoms with Gasteiger partial charge in [0, 0.05) is 36.5 Å². The normalized spacial score (nSPS) is 34.7. The summed E-state index contributed by atoms with van der Waals surface area (Å²) in [6.45, 7) is 12.0. The maximum atomic E-state index is 3.89. The molecule has 2 fully saturated rings. The number of hydrogen-bond acceptors (Lipinski definition) is 3. The van der Waals surface area contributed by atoms with E-state index in [0.29, 0.717) is 11.6 Å². The van der Waals surface area contributed by atoms with Crippen molar-refractivity contribution in [3.8, 4) is 0 Å². The average molecular weight is 285 g/mol. The molecule has 1 aliphatic heterocycles. The van der Waals surface area contributed by atoms with Crippen molar-refractivity contribution in [3.63, 3.8) is 0 Å². The van der Waals surface area contributed by atoms with Crippen LogP contribution in [0.2, 0.25) is 0 Å². The molecule has 1 aliphatic carbocycles. The molecule has 2 aliphatic rings. The Kier molecular flexibility index (Phi) is 5.24. The first kappa shape index (κ1) is 15.7. The number of thioether (sulfide) groups is 1. The highest BCUT2D eigenvalue weighted by Gasteiger charge is 2.47. The Balaban J connectivity index is 2.11. The molecule has 1 heterocycles. The minimum Gasteiger partial charge on any atom is -0.308 e. The lowest BCUT2D eigenvalue weighted by Gasteiger charge is -2.51. The SMILES string of the molecule is CCC(CSC)N1CC(C)(C2CC2)NCC1C(C)C. The Morgan fingerprint density at radius 1 is 1.37 bits per heavy atom. The Hall–Kier alpha value is 0.270. The zero-order chi connectivity index (χ0) is 14.0. The number of hydrogen-bond donors (Lipinski definition) is 1. The first-order valence-electron chi connectivity index (χ1n) is 8.01. The van der Waals surface area contributed by atoms with Crippen LogP contribution in [0.25, 0.3) is 0 Å². The summed E-state index contributed by atoms with van der Waals surface area (Å²) >= 11 is 2.00. The molecule has 112 valence electrons. The second-order valence-electron chi connectivity index (χ2n) is 7.07. The van der Waals surface area contributed by atoms with Gasteiger partial charge >= 0.3 is 0 Å². The summed E-state index contributed by atoms with van der Waals surface area (Å²) in [6.07, 6.45) is 6.39. The second kappa shape index (κ2) is 6.36. The molecule has 0 aromatic rings. The van der Waals surface area contributed by atoms with Crippen LogP contribution in [0.4, 0.5) is 0 Å². The third-order valence-electron chi connectivity index (χ3n) is 5.20. The quantitative estimate of drug-likeness (QED) is 0.806. The molecule has 0 spiro atoms. The summed E-state index contributed by atoms with van der Waals surface area (Å²) in [6, 6.07) is 1.46. The Labute approximate surface area is 124 Å². The lowest BCUT2D eigenvalue weighted by Crippen LogP contribution is -2.67. The van der Waals surface area contributed by atoms with Gasteiger partial charge in [0.2, 0.25) is 0 Å². The van der Waals surface area contributed by atoms with E-state index in [1.54, 1.807) is 0 Å². The molecule has 19 heavy (non-hydrogen) atoms. The first-order chi connectivity index (χ1) is 9.01. The summed E-state index contributed by atoms with van der Waals surface area (Å²) in [7, 11) is 0. The molecule has 0 amide bonds. The number of piperazine rings is 1. The Morgan fingerprint density at radius 3 is 2.53 bits per heavy atom. The van der Waals surface area contributed by atoms with E-state index in [2.05, 4.69) is 44.2 Å². The fourth-order valence-corrected chi connectivity index (χ4v) is 4.47. The average Bonchev–Trinajstić information content (AvgIpc) is 3.20. The maximum absolute atomic E-state index is 3.89. The summed E-state index contributed by atoms with van der Waals surface area (Å²) in [5.41, 5.74) is 0.372. The van der Waals surface area contributed by atoms with E-state index >= 15 is 0 Å². The van der Waals surface area contributed by atoms with Crippen molar-refractivity contribution in [2.75, 3.05) is 25.1 Å². The van der Waals surface area contributed by atoms with Crippen LogP contribution in [0.5, 0.6) is 0 Å². The monoisotopic (exact) mass is 284 g/mol. The number of rotatable bonds is 6.